The van der Waals surface area contributed by atoms with Gasteiger partial charge in [-0.1, -0.05) is 23.1 Å². The normalized spacial score (nSPS) is 9.80. The van der Waals surface area contributed by atoms with E-state index in [1.54, 1.807) is 6.20 Å². The summed E-state index contributed by atoms with van der Waals surface area (Å²) in [5.41, 5.74) is 1.69. The molecule has 0 atom stereocenters. The van der Waals surface area contributed by atoms with Gasteiger partial charge in [0.2, 0.25) is 0 Å². The van der Waals surface area contributed by atoms with Crippen molar-refractivity contribution in [2.45, 2.75) is 6.61 Å². The lowest BCUT2D eigenvalue weighted by atomic mass is 9.97. The Morgan fingerprint density at radius 1 is 1.70 bits per heavy atom. The molecule has 0 saturated heterocycles. The van der Waals surface area contributed by atoms with Gasteiger partial charge >= 0.3 is 0 Å². The molecule has 0 fully saturated rings. The zero-order valence-electron chi connectivity index (χ0n) is 5.63. The monoisotopic (exact) mass is 155 g/mol. The standard InChI is InChI=1S/C6H7BClNO/c7-5-1-4(3-10)2-9-6(5)8/h1-2,10H,3,7H2. The van der Waals surface area contributed by atoms with Crippen LogP contribution in [0, 0.1) is 0 Å². The molecular formula is C6H7BClNO. The second-order valence-electron chi connectivity index (χ2n) is 2.11. The van der Waals surface area contributed by atoms with E-state index in [0.717, 1.165) is 11.0 Å². The van der Waals surface area contributed by atoms with Gasteiger partial charge in [0.1, 0.15) is 13.0 Å². The molecule has 0 unspecified atom stereocenters. The maximum absolute atomic E-state index is 8.67. The van der Waals surface area contributed by atoms with Gasteiger partial charge in [-0.05, 0) is 5.56 Å². The highest BCUT2D eigenvalue weighted by atomic mass is 35.5. The highest BCUT2D eigenvalue weighted by molar-refractivity contribution is 6.44. The zero-order chi connectivity index (χ0) is 7.56. The Morgan fingerprint density at radius 2 is 2.40 bits per heavy atom. The molecule has 1 heterocycles. The Kier molecular flexibility index (Phi) is 2.30. The molecule has 0 spiro atoms. The molecule has 52 valence electrons. The molecule has 1 rings (SSSR count). The van der Waals surface area contributed by atoms with Gasteiger partial charge in [0.25, 0.3) is 0 Å². The van der Waals surface area contributed by atoms with Crippen molar-refractivity contribution >= 4 is 24.9 Å². The number of aliphatic hydroxyl groups excluding tert-OH is 1. The summed E-state index contributed by atoms with van der Waals surface area (Å²) in [7, 11) is 1.86. The highest BCUT2D eigenvalue weighted by Crippen LogP contribution is 2.00. The molecule has 0 aliphatic rings. The summed E-state index contributed by atoms with van der Waals surface area (Å²) in [6, 6.07) is 1.81. The Morgan fingerprint density at radius 3 is 2.90 bits per heavy atom. The van der Waals surface area contributed by atoms with Gasteiger partial charge in [-0.25, -0.2) is 4.98 Å². The minimum absolute atomic E-state index is 0.0189. The van der Waals surface area contributed by atoms with E-state index in [0.29, 0.717) is 5.15 Å². The molecule has 10 heavy (non-hydrogen) atoms. The summed E-state index contributed by atoms with van der Waals surface area (Å²) < 4.78 is 0. The Balaban J connectivity index is 3.04. The number of hydrogen-bond acceptors (Lipinski definition) is 2. The fourth-order valence-electron chi connectivity index (χ4n) is 0.703. The van der Waals surface area contributed by atoms with Gasteiger partial charge in [-0.15, -0.1) is 0 Å². The Labute approximate surface area is 65.3 Å². The van der Waals surface area contributed by atoms with Crippen molar-refractivity contribution in [2.75, 3.05) is 0 Å². The largest absolute Gasteiger partial charge is 0.392 e. The number of halogens is 1. The average molecular weight is 155 g/mol. The van der Waals surface area contributed by atoms with E-state index < -0.39 is 0 Å². The fourth-order valence-corrected chi connectivity index (χ4v) is 0.806. The number of aromatic nitrogens is 1. The Hall–Kier alpha value is -0.535. The van der Waals surface area contributed by atoms with Crippen LogP contribution in [0.15, 0.2) is 12.3 Å². The van der Waals surface area contributed by atoms with Crippen LogP contribution < -0.4 is 5.46 Å². The van der Waals surface area contributed by atoms with Gasteiger partial charge in [-0.3, -0.25) is 0 Å². The predicted molar refractivity (Wildman–Crippen MR) is 43.3 cm³/mol. The summed E-state index contributed by atoms with van der Waals surface area (Å²) in [5.74, 6) is 0. The summed E-state index contributed by atoms with van der Waals surface area (Å²) >= 11 is 5.64. The molecular weight excluding hydrogens is 148 g/mol. The van der Waals surface area contributed by atoms with Crippen LogP contribution in [-0.2, 0) is 6.61 Å². The number of aliphatic hydroxyl groups is 1. The first-order valence-electron chi connectivity index (χ1n) is 2.96. The lowest BCUT2D eigenvalue weighted by molar-refractivity contribution is 0.281. The van der Waals surface area contributed by atoms with Gasteiger partial charge in [0.05, 0.1) is 6.61 Å². The molecule has 0 aliphatic heterocycles. The van der Waals surface area contributed by atoms with Crippen LogP contribution in [0.1, 0.15) is 5.56 Å². The maximum atomic E-state index is 8.67. The van der Waals surface area contributed by atoms with Crippen molar-refractivity contribution in [3.05, 3.63) is 23.0 Å². The van der Waals surface area contributed by atoms with Gasteiger partial charge in [0.15, 0.2) is 0 Å². The fraction of sp³-hybridized carbons (Fsp3) is 0.167. The molecule has 0 aliphatic carbocycles. The molecule has 0 bridgehead atoms. The third kappa shape index (κ3) is 1.49. The van der Waals surface area contributed by atoms with E-state index in [4.69, 9.17) is 16.7 Å². The topological polar surface area (TPSA) is 33.1 Å². The van der Waals surface area contributed by atoms with Crippen LogP contribution in [0.2, 0.25) is 5.15 Å². The van der Waals surface area contributed by atoms with Crippen LogP contribution >= 0.6 is 11.6 Å². The number of nitrogens with zero attached hydrogens (tertiary/aromatic N) is 1. The summed E-state index contributed by atoms with van der Waals surface area (Å²) in [6.07, 6.45) is 1.56. The highest BCUT2D eigenvalue weighted by Gasteiger charge is 1.96. The second-order valence-corrected chi connectivity index (χ2v) is 2.47. The average Bonchev–Trinajstić information content (AvgIpc) is 1.95. The lowest BCUT2D eigenvalue weighted by Crippen LogP contribution is -2.07. The van der Waals surface area contributed by atoms with E-state index in [9.17, 15) is 0 Å². The first kappa shape index (κ1) is 7.57. The number of pyridine rings is 1. The summed E-state index contributed by atoms with van der Waals surface area (Å²) in [6.45, 7) is 0.0189. The second kappa shape index (κ2) is 3.04. The molecule has 1 N–H and O–H groups in total. The molecule has 1 aromatic heterocycles. The quantitative estimate of drug-likeness (QED) is 0.438. The van der Waals surface area contributed by atoms with Crippen LogP contribution in [0.25, 0.3) is 0 Å². The summed E-state index contributed by atoms with van der Waals surface area (Å²) in [4.78, 5) is 3.85. The van der Waals surface area contributed by atoms with E-state index in [1.165, 1.54) is 0 Å². The lowest BCUT2D eigenvalue weighted by Gasteiger charge is -1.98. The third-order valence-electron chi connectivity index (χ3n) is 1.25. The SMILES string of the molecule is Bc1cc(CO)cnc1Cl. The van der Waals surface area contributed by atoms with Crippen molar-refractivity contribution in [1.82, 2.24) is 4.98 Å². The van der Waals surface area contributed by atoms with E-state index >= 15 is 0 Å². The van der Waals surface area contributed by atoms with E-state index in [1.807, 2.05) is 13.9 Å². The van der Waals surface area contributed by atoms with Crippen LogP contribution in [0.5, 0.6) is 0 Å². The van der Waals surface area contributed by atoms with E-state index in [2.05, 4.69) is 4.98 Å². The van der Waals surface area contributed by atoms with Crippen molar-refractivity contribution in [3.8, 4) is 0 Å². The molecule has 1 aromatic rings. The minimum Gasteiger partial charge on any atom is -0.392 e. The maximum Gasteiger partial charge on any atom is 0.143 e. The van der Waals surface area contributed by atoms with Crippen molar-refractivity contribution in [1.29, 1.82) is 0 Å². The first-order chi connectivity index (χ1) is 4.74. The number of rotatable bonds is 1. The third-order valence-corrected chi connectivity index (χ3v) is 1.65. The van der Waals surface area contributed by atoms with Crippen LogP contribution in [0.4, 0.5) is 0 Å². The van der Waals surface area contributed by atoms with Gasteiger partial charge < -0.3 is 5.11 Å². The van der Waals surface area contributed by atoms with Crippen molar-refractivity contribution in [2.24, 2.45) is 0 Å². The zero-order valence-corrected chi connectivity index (χ0v) is 6.39. The van der Waals surface area contributed by atoms with Crippen molar-refractivity contribution in [3.63, 3.8) is 0 Å². The smallest absolute Gasteiger partial charge is 0.143 e. The van der Waals surface area contributed by atoms with E-state index in [-0.39, 0.29) is 6.61 Å². The summed E-state index contributed by atoms with van der Waals surface area (Å²) in [5, 5.41) is 9.17. The molecule has 2 nitrogen and oxygen atoms in total. The van der Waals surface area contributed by atoms with Crippen molar-refractivity contribution < 1.29 is 5.11 Å². The van der Waals surface area contributed by atoms with Gasteiger partial charge in [-0.2, -0.15) is 0 Å². The van der Waals surface area contributed by atoms with Gasteiger partial charge in [0, 0.05) is 6.20 Å². The van der Waals surface area contributed by atoms with Crippen LogP contribution in [0.3, 0.4) is 0 Å². The molecule has 0 amide bonds. The molecule has 0 radical (unpaired) electrons. The molecule has 0 aromatic carbocycles. The van der Waals surface area contributed by atoms with Crippen LogP contribution in [-0.4, -0.2) is 17.9 Å². The first-order valence-corrected chi connectivity index (χ1v) is 3.33. The number of hydrogen-bond donors (Lipinski definition) is 1. The Bertz CT molecular complexity index is 241. The predicted octanol–water partition coefficient (Wildman–Crippen LogP) is -0.514. The minimum atomic E-state index is 0.0189. The molecule has 0 saturated carbocycles. The molecule has 4 heteroatoms.